The zero-order valence-corrected chi connectivity index (χ0v) is 7.01. The van der Waals surface area contributed by atoms with Gasteiger partial charge in [0.15, 0.2) is 5.76 Å². The molecule has 2 heterocycles. The van der Waals surface area contributed by atoms with Crippen molar-refractivity contribution in [3.8, 4) is 0 Å². The fourth-order valence-corrected chi connectivity index (χ4v) is 1.16. The van der Waals surface area contributed by atoms with Gasteiger partial charge in [0.05, 0.1) is 12.8 Å². The molecule has 0 aliphatic rings. The van der Waals surface area contributed by atoms with E-state index in [2.05, 4.69) is 0 Å². The molecule has 0 bridgehead atoms. The zero-order chi connectivity index (χ0) is 9.10. The number of furan rings is 1. The molecule has 0 amide bonds. The zero-order valence-electron chi connectivity index (χ0n) is 7.01. The van der Waals surface area contributed by atoms with Crippen molar-refractivity contribution in [3.63, 3.8) is 0 Å². The fourth-order valence-electron chi connectivity index (χ4n) is 1.16. The predicted molar refractivity (Wildman–Crippen MR) is 47.5 cm³/mol. The van der Waals surface area contributed by atoms with Crippen molar-refractivity contribution in [2.24, 2.45) is 0 Å². The molecule has 3 nitrogen and oxygen atoms in total. The number of carbonyl (C=O) groups excluding carboxylic acids is 1. The van der Waals surface area contributed by atoms with Gasteiger partial charge in [-0.1, -0.05) is 0 Å². The molecular weight excluding hydrogens is 166 g/mol. The van der Waals surface area contributed by atoms with Gasteiger partial charge >= 0.3 is 0 Å². The van der Waals surface area contributed by atoms with Gasteiger partial charge in [-0.15, -0.1) is 0 Å². The van der Waals surface area contributed by atoms with Gasteiger partial charge in [0.2, 0.25) is 5.78 Å². The Morgan fingerprint density at radius 1 is 1.31 bits per heavy atom. The lowest BCUT2D eigenvalue weighted by atomic mass is 10.3. The summed E-state index contributed by atoms with van der Waals surface area (Å²) in [6.45, 7) is 0.334. The summed E-state index contributed by atoms with van der Waals surface area (Å²) < 4.78 is 6.79. The maximum absolute atomic E-state index is 11.5. The first kappa shape index (κ1) is 7.86. The van der Waals surface area contributed by atoms with Gasteiger partial charge < -0.3 is 8.98 Å². The summed E-state index contributed by atoms with van der Waals surface area (Å²) in [5.74, 6) is 0.398. The van der Waals surface area contributed by atoms with Crippen LogP contribution in [-0.4, -0.2) is 10.4 Å². The van der Waals surface area contributed by atoms with Crippen LogP contribution in [0.1, 0.15) is 10.6 Å². The van der Waals surface area contributed by atoms with Crippen LogP contribution in [0.2, 0.25) is 0 Å². The smallest absolute Gasteiger partial charge is 0.217 e. The van der Waals surface area contributed by atoms with Crippen LogP contribution >= 0.6 is 0 Å². The lowest BCUT2D eigenvalue weighted by Crippen LogP contribution is -2.07. The maximum Gasteiger partial charge on any atom is 0.217 e. The molecule has 0 atom stereocenters. The van der Waals surface area contributed by atoms with Gasteiger partial charge in [-0.05, 0) is 24.3 Å². The second-order valence-electron chi connectivity index (χ2n) is 2.76. The molecule has 2 aromatic rings. The average Bonchev–Trinajstić information content (AvgIpc) is 2.74. The molecule has 0 aromatic carbocycles. The van der Waals surface area contributed by atoms with E-state index in [-0.39, 0.29) is 5.78 Å². The molecular formula is C10H9NO2. The number of aromatic nitrogens is 1. The number of hydrogen-bond donors (Lipinski definition) is 0. The number of rotatable bonds is 3. The highest BCUT2D eigenvalue weighted by Gasteiger charge is 2.07. The number of Topliss-reactive ketones (excluding diaryl/α,β-unsaturated/α-hetero) is 1. The highest BCUT2D eigenvalue weighted by atomic mass is 16.3. The van der Waals surface area contributed by atoms with E-state index in [0.717, 1.165) is 0 Å². The molecule has 66 valence electrons. The SMILES string of the molecule is O=C(Cn1cccc1)c1ccco1. The normalized spacial score (nSPS) is 10.2. The van der Waals surface area contributed by atoms with Crippen LogP contribution in [0.15, 0.2) is 47.3 Å². The van der Waals surface area contributed by atoms with Crippen molar-refractivity contribution in [1.29, 1.82) is 0 Å². The number of carbonyl (C=O) groups is 1. The monoisotopic (exact) mass is 175 g/mol. The van der Waals surface area contributed by atoms with Crippen molar-refractivity contribution in [2.75, 3.05) is 0 Å². The Bertz CT molecular complexity index is 373. The van der Waals surface area contributed by atoms with E-state index in [9.17, 15) is 4.79 Å². The fraction of sp³-hybridized carbons (Fsp3) is 0.100. The highest BCUT2D eigenvalue weighted by molar-refractivity contribution is 5.93. The topological polar surface area (TPSA) is 35.1 Å². The van der Waals surface area contributed by atoms with Crippen molar-refractivity contribution in [3.05, 3.63) is 48.7 Å². The Balaban J connectivity index is 2.08. The van der Waals surface area contributed by atoms with Crippen molar-refractivity contribution >= 4 is 5.78 Å². The first-order chi connectivity index (χ1) is 6.36. The Morgan fingerprint density at radius 3 is 2.69 bits per heavy atom. The van der Waals surface area contributed by atoms with E-state index >= 15 is 0 Å². The Morgan fingerprint density at radius 2 is 2.08 bits per heavy atom. The van der Waals surface area contributed by atoms with Gasteiger partial charge in [0.1, 0.15) is 0 Å². The Labute approximate surface area is 75.6 Å². The maximum atomic E-state index is 11.5. The van der Waals surface area contributed by atoms with Crippen LogP contribution in [0.5, 0.6) is 0 Å². The van der Waals surface area contributed by atoms with Gasteiger partial charge in [0.25, 0.3) is 0 Å². The Hall–Kier alpha value is -1.77. The van der Waals surface area contributed by atoms with E-state index in [0.29, 0.717) is 12.3 Å². The number of nitrogens with zero attached hydrogens (tertiary/aromatic N) is 1. The van der Waals surface area contributed by atoms with Gasteiger partial charge in [0, 0.05) is 12.4 Å². The molecule has 2 rings (SSSR count). The lowest BCUT2D eigenvalue weighted by Gasteiger charge is -1.98. The second kappa shape index (κ2) is 3.31. The first-order valence-electron chi connectivity index (χ1n) is 4.04. The van der Waals surface area contributed by atoms with Crippen LogP contribution in [0.3, 0.4) is 0 Å². The number of ketones is 1. The summed E-state index contributed by atoms with van der Waals surface area (Å²) in [5.41, 5.74) is 0. The third-order valence-corrected chi connectivity index (χ3v) is 1.79. The number of hydrogen-bond acceptors (Lipinski definition) is 2. The second-order valence-corrected chi connectivity index (χ2v) is 2.76. The minimum absolute atomic E-state index is 0.0128. The van der Waals surface area contributed by atoms with Crippen LogP contribution < -0.4 is 0 Å². The first-order valence-corrected chi connectivity index (χ1v) is 4.04. The van der Waals surface area contributed by atoms with E-state index in [1.807, 2.05) is 29.1 Å². The molecule has 2 aromatic heterocycles. The third kappa shape index (κ3) is 1.69. The van der Waals surface area contributed by atoms with Crippen LogP contribution in [0.4, 0.5) is 0 Å². The largest absolute Gasteiger partial charge is 0.461 e. The van der Waals surface area contributed by atoms with Crippen LogP contribution in [0.25, 0.3) is 0 Å². The minimum Gasteiger partial charge on any atom is -0.461 e. The van der Waals surface area contributed by atoms with Crippen molar-refractivity contribution in [2.45, 2.75) is 6.54 Å². The molecule has 0 aliphatic carbocycles. The summed E-state index contributed by atoms with van der Waals surface area (Å²) in [4.78, 5) is 11.5. The van der Waals surface area contributed by atoms with E-state index in [4.69, 9.17) is 4.42 Å². The van der Waals surface area contributed by atoms with Crippen LogP contribution in [-0.2, 0) is 6.54 Å². The lowest BCUT2D eigenvalue weighted by molar-refractivity contribution is 0.0945. The Kier molecular flexibility index (Phi) is 2.00. The predicted octanol–water partition coefficient (Wildman–Crippen LogP) is 1.96. The molecule has 0 saturated carbocycles. The molecule has 0 spiro atoms. The van der Waals surface area contributed by atoms with Gasteiger partial charge in [-0.3, -0.25) is 4.79 Å². The van der Waals surface area contributed by atoms with E-state index in [1.54, 1.807) is 12.1 Å². The van der Waals surface area contributed by atoms with Gasteiger partial charge in [-0.25, -0.2) is 0 Å². The summed E-state index contributed by atoms with van der Waals surface area (Å²) in [7, 11) is 0. The van der Waals surface area contributed by atoms with E-state index in [1.165, 1.54) is 6.26 Å². The van der Waals surface area contributed by atoms with Crippen molar-refractivity contribution in [1.82, 2.24) is 4.57 Å². The molecule has 0 N–H and O–H groups in total. The molecule has 0 saturated heterocycles. The summed E-state index contributed by atoms with van der Waals surface area (Å²) in [5, 5.41) is 0. The van der Waals surface area contributed by atoms with E-state index < -0.39 is 0 Å². The van der Waals surface area contributed by atoms with Crippen molar-refractivity contribution < 1.29 is 9.21 Å². The highest BCUT2D eigenvalue weighted by Crippen LogP contribution is 2.03. The summed E-state index contributed by atoms with van der Waals surface area (Å²) in [6, 6.07) is 7.15. The van der Waals surface area contributed by atoms with Crippen LogP contribution in [0, 0.1) is 0 Å². The average molecular weight is 175 g/mol. The molecule has 0 radical (unpaired) electrons. The standard InChI is InChI=1S/C10H9NO2/c12-9(10-4-3-7-13-10)8-11-5-1-2-6-11/h1-7H,8H2. The summed E-state index contributed by atoms with van der Waals surface area (Å²) >= 11 is 0. The van der Waals surface area contributed by atoms with Gasteiger partial charge in [-0.2, -0.15) is 0 Å². The molecule has 13 heavy (non-hydrogen) atoms. The molecule has 0 unspecified atom stereocenters. The molecule has 3 heteroatoms. The third-order valence-electron chi connectivity index (χ3n) is 1.79. The molecule has 0 aliphatic heterocycles. The molecule has 0 fully saturated rings. The minimum atomic E-state index is -0.0128. The summed E-state index contributed by atoms with van der Waals surface area (Å²) in [6.07, 6.45) is 5.20. The quantitative estimate of drug-likeness (QED) is 0.668.